The van der Waals surface area contributed by atoms with Gasteiger partial charge in [0.1, 0.15) is 12.4 Å². The van der Waals surface area contributed by atoms with E-state index < -0.39 is 12.7 Å². The smallest absolute Gasteiger partial charge is 0.395 e. The molecule has 0 aliphatic carbocycles. The number of rotatable bonds is 6. The van der Waals surface area contributed by atoms with E-state index in [1.165, 1.54) is 6.07 Å². The molecule has 0 bridgehead atoms. The van der Waals surface area contributed by atoms with Crippen LogP contribution in [0.4, 0.5) is 24.9 Å². The average molecular weight is 278 g/mol. The van der Waals surface area contributed by atoms with Crippen LogP contribution in [0.1, 0.15) is 12.6 Å². The van der Waals surface area contributed by atoms with Gasteiger partial charge in [0, 0.05) is 24.8 Å². The molecular weight excluding hydrogens is 261 g/mol. The lowest BCUT2D eigenvalue weighted by molar-refractivity contribution is -0.120. The molecule has 2 N–H and O–H groups in total. The van der Waals surface area contributed by atoms with E-state index in [-0.39, 0.29) is 24.9 Å². The molecule has 1 aromatic heterocycles. The van der Waals surface area contributed by atoms with Gasteiger partial charge in [0.2, 0.25) is 5.95 Å². The summed E-state index contributed by atoms with van der Waals surface area (Å²) in [6.07, 6.45) is -4.35. The fourth-order valence-corrected chi connectivity index (χ4v) is 1.56. The Balaban J connectivity index is 3.00. The van der Waals surface area contributed by atoms with Crippen molar-refractivity contribution >= 4 is 11.8 Å². The Bertz CT molecular complexity index is 411. The lowest BCUT2D eigenvalue weighted by atomic mass is 10.3. The maximum absolute atomic E-state index is 12.5. The van der Waals surface area contributed by atoms with Gasteiger partial charge in [-0.3, -0.25) is 0 Å². The molecular formula is C11H17F3N4O. The zero-order chi connectivity index (χ0) is 14.5. The lowest BCUT2D eigenvalue weighted by Crippen LogP contribution is -2.37. The predicted octanol–water partition coefficient (Wildman–Crippen LogP) is 1.58. The molecule has 0 aliphatic rings. The minimum atomic E-state index is -4.35. The van der Waals surface area contributed by atoms with E-state index in [0.717, 1.165) is 4.90 Å². The van der Waals surface area contributed by atoms with Gasteiger partial charge in [-0.2, -0.15) is 18.2 Å². The van der Waals surface area contributed by atoms with Crippen LogP contribution in [-0.4, -0.2) is 47.5 Å². The Morgan fingerprint density at radius 2 is 2.05 bits per heavy atom. The standard InChI is InChI=1S/C11H17F3N4O/c1-3-15-10-16-8(2)6-9(17-10)18(4-5-19)7-11(12,13)14/h6,19H,3-5,7H2,1-2H3,(H,15,16,17). The second-order valence-electron chi connectivity index (χ2n) is 3.98. The van der Waals surface area contributed by atoms with Crippen LogP contribution in [0.2, 0.25) is 0 Å². The van der Waals surface area contributed by atoms with E-state index in [2.05, 4.69) is 15.3 Å². The summed E-state index contributed by atoms with van der Waals surface area (Å²) in [7, 11) is 0. The minimum Gasteiger partial charge on any atom is -0.395 e. The van der Waals surface area contributed by atoms with Gasteiger partial charge in [0.25, 0.3) is 0 Å². The van der Waals surface area contributed by atoms with Crippen molar-refractivity contribution in [3.05, 3.63) is 11.8 Å². The number of halogens is 3. The number of anilines is 2. The number of nitrogens with one attached hydrogen (secondary N) is 1. The topological polar surface area (TPSA) is 61.3 Å². The molecule has 19 heavy (non-hydrogen) atoms. The van der Waals surface area contributed by atoms with Crippen molar-refractivity contribution in [2.24, 2.45) is 0 Å². The summed E-state index contributed by atoms with van der Waals surface area (Å²) in [4.78, 5) is 9.07. The summed E-state index contributed by atoms with van der Waals surface area (Å²) in [6, 6.07) is 1.46. The predicted molar refractivity (Wildman–Crippen MR) is 66.3 cm³/mol. The van der Waals surface area contributed by atoms with Crippen LogP contribution in [0.15, 0.2) is 6.07 Å². The Morgan fingerprint density at radius 1 is 1.37 bits per heavy atom. The molecule has 1 rings (SSSR count). The van der Waals surface area contributed by atoms with Crippen molar-refractivity contribution in [3.8, 4) is 0 Å². The van der Waals surface area contributed by atoms with Gasteiger partial charge in [-0.1, -0.05) is 0 Å². The summed E-state index contributed by atoms with van der Waals surface area (Å²) >= 11 is 0. The summed E-state index contributed by atoms with van der Waals surface area (Å²) in [5, 5.41) is 11.7. The number of hydrogen-bond donors (Lipinski definition) is 2. The first-order valence-corrected chi connectivity index (χ1v) is 5.88. The third kappa shape index (κ3) is 5.29. The molecule has 0 saturated heterocycles. The highest BCUT2D eigenvalue weighted by atomic mass is 19.4. The summed E-state index contributed by atoms with van der Waals surface area (Å²) in [6.45, 7) is 2.41. The molecule has 1 heterocycles. The van der Waals surface area contributed by atoms with Crippen LogP contribution >= 0.6 is 0 Å². The van der Waals surface area contributed by atoms with Crippen molar-refractivity contribution in [3.63, 3.8) is 0 Å². The third-order valence-corrected chi connectivity index (χ3v) is 2.24. The molecule has 0 spiro atoms. The van der Waals surface area contributed by atoms with Gasteiger partial charge < -0.3 is 15.3 Å². The molecule has 1 aromatic rings. The van der Waals surface area contributed by atoms with Gasteiger partial charge in [-0.25, -0.2) is 4.98 Å². The average Bonchev–Trinajstić information content (AvgIpc) is 2.26. The summed E-state index contributed by atoms with van der Waals surface area (Å²) in [5.74, 6) is 0.428. The zero-order valence-corrected chi connectivity index (χ0v) is 10.8. The van der Waals surface area contributed by atoms with E-state index in [0.29, 0.717) is 12.2 Å². The number of hydrogen-bond acceptors (Lipinski definition) is 5. The molecule has 0 aliphatic heterocycles. The molecule has 0 radical (unpaired) electrons. The van der Waals surface area contributed by atoms with Crippen LogP contribution in [0, 0.1) is 6.92 Å². The Hall–Kier alpha value is -1.57. The van der Waals surface area contributed by atoms with Crippen molar-refractivity contribution in [1.82, 2.24) is 9.97 Å². The SMILES string of the molecule is CCNc1nc(C)cc(N(CCO)CC(F)(F)F)n1. The Kier molecular flexibility index (Phi) is 5.34. The van der Waals surface area contributed by atoms with Crippen LogP contribution in [0.25, 0.3) is 0 Å². The Labute approximate surface area is 109 Å². The largest absolute Gasteiger partial charge is 0.405 e. The van der Waals surface area contributed by atoms with E-state index >= 15 is 0 Å². The second kappa shape index (κ2) is 6.55. The van der Waals surface area contributed by atoms with Gasteiger partial charge in [-0.05, 0) is 13.8 Å². The molecule has 8 heteroatoms. The van der Waals surface area contributed by atoms with Crippen LogP contribution in [0.5, 0.6) is 0 Å². The van der Waals surface area contributed by atoms with E-state index in [1.54, 1.807) is 6.92 Å². The summed E-state index contributed by atoms with van der Waals surface area (Å²) < 4.78 is 37.4. The van der Waals surface area contributed by atoms with E-state index in [4.69, 9.17) is 5.11 Å². The first-order chi connectivity index (χ1) is 8.85. The molecule has 0 saturated carbocycles. The number of aliphatic hydroxyl groups is 1. The molecule has 5 nitrogen and oxygen atoms in total. The molecule has 0 atom stereocenters. The van der Waals surface area contributed by atoms with Crippen molar-refractivity contribution < 1.29 is 18.3 Å². The highest BCUT2D eigenvalue weighted by Crippen LogP contribution is 2.21. The van der Waals surface area contributed by atoms with Crippen LogP contribution < -0.4 is 10.2 Å². The molecule has 0 unspecified atom stereocenters. The number of aromatic nitrogens is 2. The minimum absolute atomic E-state index is 0.137. The maximum atomic E-state index is 12.5. The van der Waals surface area contributed by atoms with Gasteiger partial charge >= 0.3 is 6.18 Å². The molecule has 0 fully saturated rings. The van der Waals surface area contributed by atoms with Crippen LogP contribution in [-0.2, 0) is 0 Å². The molecule has 0 aromatic carbocycles. The van der Waals surface area contributed by atoms with Gasteiger partial charge in [0.15, 0.2) is 0 Å². The maximum Gasteiger partial charge on any atom is 0.405 e. The second-order valence-corrected chi connectivity index (χ2v) is 3.98. The zero-order valence-electron chi connectivity index (χ0n) is 10.8. The highest BCUT2D eigenvalue weighted by molar-refractivity contribution is 5.45. The summed E-state index contributed by atoms with van der Waals surface area (Å²) in [5.41, 5.74) is 0.561. The number of nitrogens with zero attached hydrogens (tertiary/aromatic N) is 3. The van der Waals surface area contributed by atoms with Gasteiger partial charge in [-0.15, -0.1) is 0 Å². The van der Waals surface area contributed by atoms with Crippen molar-refractivity contribution in [2.45, 2.75) is 20.0 Å². The number of aliphatic hydroxyl groups excluding tert-OH is 1. The Morgan fingerprint density at radius 3 is 2.58 bits per heavy atom. The van der Waals surface area contributed by atoms with Crippen LogP contribution in [0.3, 0.4) is 0 Å². The third-order valence-electron chi connectivity index (χ3n) is 2.24. The van der Waals surface area contributed by atoms with Crippen molar-refractivity contribution in [1.29, 1.82) is 0 Å². The molecule has 0 amide bonds. The van der Waals surface area contributed by atoms with E-state index in [1.807, 2.05) is 6.92 Å². The van der Waals surface area contributed by atoms with Crippen molar-refractivity contribution in [2.75, 3.05) is 36.5 Å². The van der Waals surface area contributed by atoms with E-state index in [9.17, 15) is 13.2 Å². The number of alkyl halides is 3. The first-order valence-electron chi connectivity index (χ1n) is 5.88. The fourth-order valence-electron chi connectivity index (χ4n) is 1.56. The fraction of sp³-hybridized carbons (Fsp3) is 0.636. The number of aryl methyl sites for hydroxylation is 1. The normalized spacial score (nSPS) is 11.5. The quantitative estimate of drug-likeness (QED) is 0.827. The highest BCUT2D eigenvalue weighted by Gasteiger charge is 2.31. The lowest BCUT2D eigenvalue weighted by Gasteiger charge is -2.24. The van der Waals surface area contributed by atoms with Gasteiger partial charge in [0.05, 0.1) is 6.61 Å². The molecule has 108 valence electrons. The monoisotopic (exact) mass is 278 g/mol. The first kappa shape index (κ1) is 15.5.